The number of Topliss-reactive ketones (excluding diaryl/α,β-unsaturated/α-hetero) is 1. The number of allylic oxidation sites excluding steroid dienone is 1. The van der Waals surface area contributed by atoms with Gasteiger partial charge in [0, 0.05) is 6.42 Å². The number of rotatable bonds is 5. The Morgan fingerprint density at radius 2 is 1.48 bits per heavy atom. The first-order chi connectivity index (χ1) is 10.2. The average molecular weight is 327 g/mol. The molecule has 0 radical (unpaired) electrons. The van der Waals surface area contributed by atoms with Gasteiger partial charge in [-0.05, 0) is 61.0 Å². The molecular weight excluding hydrogens is 298 g/mol. The minimum Gasteiger partial charge on any atom is -0.458 e. The second-order valence-corrected chi connectivity index (χ2v) is 7.31. The van der Waals surface area contributed by atoms with Crippen molar-refractivity contribution >= 4 is 17.8 Å². The van der Waals surface area contributed by atoms with Crippen LogP contribution in [0, 0.1) is 0 Å². The van der Waals surface area contributed by atoms with E-state index in [2.05, 4.69) is 5.32 Å². The lowest BCUT2D eigenvalue weighted by Gasteiger charge is -2.26. The number of ether oxygens (including phenoxy) is 2. The SMILES string of the molecule is C/C=C(\C[C@H](NC(=O)OC(C)(C)C)C(=O)OC(C)(C)C)C(C)=O. The van der Waals surface area contributed by atoms with Crippen molar-refractivity contribution in [2.75, 3.05) is 0 Å². The maximum Gasteiger partial charge on any atom is 0.408 e. The van der Waals surface area contributed by atoms with Crippen molar-refractivity contribution < 1.29 is 23.9 Å². The highest BCUT2D eigenvalue weighted by Crippen LogP contribution is 2.15. The Bertz CT molecular complexity index is 480. The van der Waals surface area contributed by atoms with E-state index in [0.717, 1.165) is 0 Å². The molecule has 0 rings (SSSR count). The standard InChI is InChI=1S/C17H29NO5/c1-9-12(11(2)19)10-13(14(20)22-16(3,4)5)18-15(21)23-17(6,7)8/h9,13H,10H2,1-8H3,(H,18,21)/b12-9+/t13-/m0/s1. The van der Waals surface area contributed by atoms with Crippen LogP contribution in [0.1, 0.15) is 61.8 Å². The second-order valence-electron chi connectivity index (χ2n) is 7.31. The van der Waals surface area contributed by atoms with Gasteiger partial charge < -0.3 is 14.8 Å². The molecule has 1 amide bonds. The predicted octanol–water partition coefficient (Wildman–Crippen LogP) is 3.15. The van der Waals surface area contributed by atoms with Crippen molar-refractivity contribution in [2.45, 2.75) is 79.1 Å². The quantitative estimate of drug-likeness (QED) is 0.619. The van der Waals surface area contributed by atoms with E-state index in [1.807, 2.05) is 0 Å². The summed E-state index contributed by atoms with van der Waals surface area (Å²) in [5.41, 5.74) is -0.944. The third kappa shape index (κ3) is 9.71. The number of carbonyl (C=O) groups excluding carboxylic acids is 3. The smallest absolute Gasteiger partial charge is 0.408 e. The molecular formula is C17H29NO5. The maximum atomic E-state index is 12.3. The highest BCUT2D eigenvalue weighted by Gasteiger charge is 2.29. The molecule has 0 fully saturated rings. The van der Waals surface area contributed by atoms with Crippen LogP contribution in [0.15, 0.2) is 11.6 Å². The number of carbonyl (C=O) groups is 3. The molecule has 6 heteroatoms. The van der Waals surface area contributed by atoms with Gasteiger partial charge in [0.1, 0.15) is 17.2 Å². The average Bonchev–Trinajstić information content (AvgIpc) is 2.29. The van der Waals surface area contributed by atoms with Crippen molar-refractivity contribution in [1.29, 1.82) is 0 Å². The molecule has 0 aromatic carbocycles. The van der Waals surface area contributed by atoms with Gasteiger partial charge in [0.2, 0.25) is 0 Å². The minimum absolute atomic E-state index is 0.0555. The summed E-state index contributed by atoms with van der Waals surface area (Å²) < 4.78 is 10.5. The van der Waals surface area contributed by atoms with Gasteiger partial charge in [0.25, 0.3) is 0 Å². The van der Waals surface area contributed by atoms with E-state index < -0.39 is 29.3 Å². The number of nitrogens with one attached hydrogen (secondary N) is 1. The van der Waals surface area contributed by atoms with E-state index in [1.54, 1.807) is 54.5 Å². The Morgan fingerprint density at radius 1 is 1.00 bits per heavy atom. The van der Waals surface area contributed by atoms with E-state index >= 15 is 0 Å². The normalized spacial score (nSPS) is 14.0. The highest BCUT2D eigenvalue weighted by molar-refractivity contribution is 5.94. The van der Waals surface area contributed by atoms with E-state index in [-0.39, 0.29) is 12.2 Å². The zero-order valence-corrected chi connectivity index (χ0v) is 15.4. The monoisotopic (exact) mass is 327 g/mol. The zero-order chi connectivity index (χ0) is 18.4. The molecule has 0 aliphatic carbocycles. The summed E-state index contributed by atoms with van der Waals surface area (Å²) in [4.78, 5) is 35.8. The van der Waals surface area contributed by atoms with Crippen LogP contribution in [0.3, 0.4) is 0 Å². The van der Waals surface area contributed by atoms with Crippen molar-refractivity contribution in [3.05, 3.63) is 11.6 Å². The van der Waals surface area contributed by atoms with Crippen LogP contribution in [0.25, 0.3) is 0 Å². The van der Waals surface area contributed by atoms with Crippen molar-refractivity contribution in [3.8, 4) is 0 Å². The number of ketones is 1. The third-order valence-corrected chi connectivity index (χ3v) is 2.61. The Hall–Kier alpha value is -1.85. The van der Waals surface area contributed by atoms with Gasteiger partial charge >= 0.3 is 12.1 Å². The van der Waals surface area contributed by atoms with Gasteiger partial charge in [-0.1, -0.05) is 6.08 Å². The molecule has 0 saturated carbocycles. The van der Waals surface area contributed by atoms with Gasteiger partial charge in [0.15, 0.2) is 5.78 Å². The Labute approximate surface area is 138 Å². The van der Waals surface area contributed by atoms with Gasteiger partial charge in [-0.2, -0.15) is 0 Å². The summed E-state index contributed by atoms with van der Waals surface area (Å²) in [5.74, 6) is -0.768. The summed E-state index contributed by atoms with van der Waals surface area (Å²) in [5, 5.41) is 2.49. The molecule has 0 saturated heterocycles. The van der Waals surface area contributed by atoms with Crippen molar-refractivity contribution in [2.24, 2.45) is 0 Å². The number of amides is 1. The van der Waals surface area contributed by atoms with Gasteiger partial charge in [0.05, 0.1) is 0 Å². The van der Waals surface area contributed by atoms with Crippen LogP contribution in [0.2, 0.25) is 0 Å². The van der Waals surface area contributed by atoms with E-state index in [1.165, 1.54) is 6.92 Å². The molecule has 0 aromatic rings. The fourth-order valence-electron chi connectivity index (χ4n) is 1.70. The molecule has 23 heavy (non-hydrogen) atoms. The zero-order valence-electron chi connectivity index (χ0n) is 15.4. The fourth-order valence-corrected chi connectivity index (χ4v) is 1.70. The molecule has 6 nitrogen and oxygen atoms in total. The number of hydrogen-bond donors (Lipinski definition) is 1. The van der Waals surface area contributed by atoms with Crippen LogP contribution in [0.5, 0.6) is 0 Å². The molecule has 1 atom stereocenters. The van der Waals surface area contributed by atoms with Crippen LogP contribution >= 0.6 is 0 Å². The van der Waals surface area contributed by atoms with Crippen molar-refractivity contribution in [3.63, 3.8) is 0 Å². The summed E-state index contributed by atoms with van der Waals surface area (Å²) in [6.45, 7) is 13.5. The van der Waals surface area contributed by atoms with E-state index in [4.69, 9.17) is 9.47 Å². The van der Waals surface area contributed by atoms with Gasteiger partial charge in [-0.15, -0.1) is 0 Å². The van der Waals surface area contributed by atoms with Crippen LogP contribution in [-0.2, 0) is 19.1 Å². The van der Waals surface area contributed by atoms with Crippen LogP contribution in [0.4, 0.5) is 4.79 Å². The molecule has 0 spiro atoms. The van der Waals surface area contributed by atoms with Gasteiger partial charge in [-0.3, -0.25) is 4.79 Å². The third-order valence-electron chi connectivity index (χ3n) is 2.61. The lowest BCUT2D eigenvalue weighted by molar-refractivity contribution is -0.157. The first-order valence-corrected chi connectivity index (χ1v) is 7.63. The summed E-state index contributed by atoms with van der Waals surface area (Å²) in [6, 6.07) is -0.987. The Balaban J connectivity index is 5.18. The second kappa shape index (κ2) is 8.13. The maximum absolute atomic E-state index is 12.3. The first-order valence-electron chi connectivity index (χ1n) is 7.63. The van der Waals surface area contributed by atoms with Gasteiger partial charge in [-0.25, -0.2) is 9.59 Å². The molecule has 0 heterocycles. The van der Waals surface area contributed by atoms with Crippen molar-refractivity contribution in [1.82, 2.24) is 5.32 Å². The lowest BCUT2D eigenvalue weighted by atomic mass is 10.0. The molecule has 0 unspecified atom stereocenters. The highest BCUT2D eigenvalue weighted by atomic mass is 16.6. The number of hydrogen-bond acceptors (Lipinski definition) is 5. The first kappa shape index (κ1) is 21.1. The molecule has 0 aliphatic rings. The van der Waals surface area contributed by atoms with Crippen LogP contribution < -0.4 is 5.32 Å². The Kier molecular flexibility index (Phi) is 7.48. The fraction of sp³-hybridized carbons (Fsp3) is 0.706. The largest absolute Gasteiger partial charge is 0.458 e. The molecule has 1 N–H and O–H groups in total. The van der Waals surface area contributed by atoms with E-state index in [9.17, 15) is 14.4 Å². The molecule has 132 valence electrons. The van der Waals surface area contributed by atoms with E-state index in [0.29, 0.717) is 5.57 Å². The number of esters is 1. The molecule has 0 aromatic heterocycles. The summed E-state index contributed by atoms with van der Waals surface area (Å²) in [7, 11) is 0. The number of alkyl carbamates (subject to hydrolysis) is 1. The summed E-state index contributed by atoms with van der Waals surface area (Å²) in [6.07, 6.45) is 0.948. The predicted molar refractivity (Wildman–Crippen MR) is 88.1 cm³/mol. The Morgan fingerprint density at radius 3 is 1.83 bits per heavy atom. The summed E-state index contributed by atoms with van der Waals surface area (Å²) >= 11 is 0. The lowest BCUT2D eigenvalue weighted by Crippen LogP contribution is -2.46. The minimum atomic E-state index is -0.987. The molecule has 0 bridgehead atoms. The topological polar surface area (TPSA) is 81.7 Å². The molecule has 0 aliphatic heterocycles. The van der Waals surface area contributed by atoms with Crippen LogP contribution in [-0.4, -0.2) is 35.1 Å².